The third-order valence-electron chi connectivity index (χ3n) is 3.10. The molecule has 0 aromatic carbocycles. The highest BCUT2D eigenvalue weighted by Gasteiger charge is 2.24. The Kier molecular flexibility index (Phi) is 3.27. The highest BCUT2D eigenvalue weighted by molar-refractivity contribution is 5.74. The number of amides is 2. The Hall–Kier alpha value is -0.730. The maximum Gasteiger partial charge on any atom is 0.315 e. The van der Waals surface area contributed by atoms with E-state index in [2.05, 4.69) is 10.6 Å². The van der Waals surface area contributed by atoms with Crippen LogP contribution in [0, 0.1) is 0 Å². The van der Waals surface area contributed by atoms with Crippen molar-refractivity contribution in [3.05, 3.63) is 0 Å². The van der Waals surface area contributed by atoms with E-state index in [-0.39, 0.29) is 6.03 Å². The molecule has 80 valence electrons. The number of rotatable bonds is 2. The van der Waals surface area contributed by atoms with Gasteiger partial charge in [0.15, 0.2) is 0 Å². The van der Waals surface area contributed by atoms with Crippen LogP contribution in [0.15, 0.2) is 0 Å². The molecule has 0 aromatic heterocycles. The minimum Gasteiger partial charge on any atom is -0.335 e. The van der Waals surface area contributed by atoms with Gasteiger partial charge in [-0.1, -0.05) is 25.7 Å². The Bertz CT molecular complexity index is 193. The van der Waals surface area contributed by atoms with Gasteiger partial charge < -0.3 is 10.6 Å². The Balaban J connectivity index is 1.68. The van der Waals surface area contributed by atoms with Crippen molar-refractivity contribution in [2.45, 2.75) is 63.5 Å². The summed E-state index contributed by atoms with van der Waals surface area (Å²) >= 11 is 0. The van der Waals surface area contributed by atoms with E-state index in [1.54, 1.807) is 0 Å². The third-order valence-corrected chi connectivity index (χ3v) is 3.10. The van der Waals surface area contributed by atoms with Gasteiger partial charge in [-0.25, -0.2) is 4.79 Å². The summed E-state index contributed by atoms with van der Waals surface area (Å²) in [6.07, 6.45) is 9.87. The van der Waals surface area contributed by atoms with Crippen molar-refractivity contribution in [2.75, 3.05) is 0 Å². The quantitative estimate of drug-likeness (QED) is 0.653. The zero-order valence-electron chi connectivity index (χ0n) is 8.72. The Morgan fingerprint density at radius 1 is 0.786 bits per heavy atom. The molecule has 3 heteroatoms. The zero-order chi connectivity index (χ0) is 9.80. The number of hydrogen-bond acceptors (Lipinski definition) is 1. The van der Waals surface area contributed by atoms with Crippen LogP contribution >= 0.6 is 0 Å². The molecule has 2 N–H and O–H groups in total. The summed E-state index contributed by atoms with van der Waals surface area (Å²) < 4.78 is 0. The maximum atomic E-state index is 11.5. The molecule has 2 aliphatic rings. The first kappa shape index (κ1) is 9.81. The van der Waals surface area contributed by atoms with E-state index in [1.165, 1.54) is 25.7 Å². The lowest BCUT2D eigenvalue weighted by atomic mass is 10.1. The zero-order valence-corrected chi connectivity index (χ0v) is 8.72. The fourth-order valence-electron chi connectivity index (χ4n) is 2.06. The van der Waals surface area contributed by atoms with Crippen molar-refractivity contribution in [3.63, 3.8) is 0 Å². The topological polar surface area (TPSA) is 41.1 Å². The monoisotopic (exact) mass is 196 g/mol. The molecule has 2 rings (SSSR count). The second-order valence-corrected chi connectivity index (χ2v) is 4.58. The number of urea groups is 1. The largest absolute Gasteiger partial charge is 0.335 e. The van der Waals surface area contributed by atoms with Crippen LogP contribution in [-0.2, 0) is 0 Å². The minimum absolute atomic E-state index is 0.0550. The Labute approximate surface area is 85.6 Å². The van der Waals surface area contributed by atoms with E-state index in [0.717, 1.165) is 25.7 Å². The van der Waals surface area contributed by atoms with E-state index >= 15 is 0 Å². The van der Waals surface area contributed by atoms with Gasteiger partial charge in [0.2, 0.25) is 0 Å². The van der Waals surface area contributed by atoms with E-state index < -0.39 is 0 Å². The van der Waals surface area contributed by atoms with Gasteiger partial charge in [0.1, 0.15) is 0 Å². The summed E-state index contributed by atoms with van der Waals surface area (Å²) in [5, 5.41) is 6.05. The van der Waals surface area contributed by atoms with Gasteiger partial charge in [-0.3, -0.25) is 0 Å². The van der Waals surface area contributed by atoms with Crippen molar-refractivity contribution in [1.29, 1.82) is 0 Å². The number of nitrogens with one attached hydrogen (secondary N) is 2. The number of carbonyl (C=O) groups is 1. The van der Waals surface area contributed by atoms with Gasteiger partial charge in [-0.05, 0) is 25.7 Å². The second kappa shape index (κ2) is 4.67. The summed E-state index contributed by atoms with van der Waals surface area (Å²) in [5.41, 5.74) is 0. The summed E-state index contributed by atoms with van der Waals surface area (Å²) in [6.45, 7) is 0. The number of hydrogen-bond donors (Lipinski definition) is 2. The normalized spacial score (nSPS) is 24.0. The van der Waals surface area contributed by atoms with E-state index in [9.17, 15) is 4.79 Å². The molecular weight excluding hydrogens is 176 g/mol. The molecule has 0 aromatic rings. The second-order valence-electron chi connectivity index (χ2n) is 4.58. The molecule has 2 fully saturated rings. The van der Waals surface area contributed by atoms with Crippen LogP contribution in [0.1, 0.15) is 51.4 Å². The summed E-state index contributed by atoms with van der Waals surface area (Å²) in [6, 6.07) is 0.955. The molecule has 0 bridgehead atoms. The van der Waals surface area contributed by atoms with Crippen LogP contribution < -0.4 is 10.6 Å². The lowest BCUT2D eigenvalue weighted by Gasteiger charge is -2.16. The molecule has 0 unspecified atom stereocenters. The van der Waals surface area contributed by atoms with Crippen LogP contribution in [-0.4, -0.2) is 18.1 Å². The molecule has 0 aliphatic heterocycles. The van der Waals surface area contributed by atoms with Gasteiger partial charge in [0.25, 0.3) is 0 Å². The first-order valence-electron chi connectivity index (χ1n) is 5.91. The van der Waals surface area contributed by atoms with Gasteiger partial charge in [-0.15, -0.1) is 0 Å². The molecule has 0 atom stereocenters. The first-order chi connectivity index (χ1) is 6.84. The SMILES string of the molecule is O=C(NC1CCCCCC1)NC1CC1. The molecule has 2 saturated carbocycles. The van der Waals surface area contributed by atoms with E-state index in [4.69, 9.17) is 0 Å². The standard InChI is InChI=1S/C11H20N2O/c14-11(13-10-7-8-10)12-9-5-3-1-2-4-6-9/h9-10H,1-8H2,(H2,12,13,14). The van der Waals surface area contributed by atoms with E-state index in [1.807, 2.05) is 0 Å². The maximum absolute atomic E-state index is 11.5. The summed E-state index contributed by atoms with van der Waals surface area (Å²) in [4.78, 5) is 11.5. The lowest BCUT2D eigenvalue weighted by Crippen LogP contribution is -2.42. The van der Waals surface area contributed by atoms with Gasteiger partial charge in [0.05, 0.1) is 0 Å². The molecule has 2 aliphatic carbocycles. The van der Waals surface area contributed by atoms with Crippen molar-refractivity contribution >= 4 is 6.03 Å². The van der Waals surface area contributed by atoms with Crippen LogP contribution in [0.4, 0.5) is 4.79 Å². The first-order valence-corrected chi connectivity index (χ1v) is 5.91. The molecular formula is C11H20N2O. The minimum atomic E-state index is 0.0550. The van der Waals surface area contributed by atoms with Crippen LogP contribution in [0.2, 0.25) is 0 Å². The summed E-state index contributed by atoms with van der Waals surface area (Å²) in [7, 11) is 0. The molecule has 0 heterocycles. The van der Waals surface area contributed by atoms with E-state index in [0.29, 0.717) is 12.1 Å². The van der Waals surface area contributed by atoms with Crippen LogP contribution in [0.5, 0.6) is 0 Å². The molecule has 3 nitrogen and oxygen atoms in total. The van der Waals surface area contributed by atoms with Crippen LogP contribution in [0.3, 0.4) is 0 Å². The van der Waals surface area contributed by atoms with Crippen molar-refractivity contribution in [2.24, 2.45) is 0 Å². The van der Waals surface area contributed by atoms with Gasteiger partial charge >= 0.3 is 6.03 Å². The van der Waals surface area contributed by atoms with Crippen molar-refractivity contribution in [3.8, 4) is 0 Å². The Morgan fingerprint density at radius 2 is 1.29 bits per heavy atom. The highest BCUT2D eigenvalue weighted by Crippen LogP contribution is 2.19. The highest BCUT2D eigenvalue weighted by atomic mass is 16.2. The average molecular weight is 196 g/mol. The third kappa shape index (κ3) is 3.20. The predicted molar refractivity (Wildman–Crippen MR) is 56.2 cm³/mol. The fourth-order valence-corrected chi connectivity index (χ4v) is 2.06. The lowest BCUT2D eigenvalue weighted by molar-refractivity contribution is 0.235. The molecule has 0 radical (unpaired) electrons. The summed E-state index contributed by atoms with van der Waals surface area (Å²) in [5.74, 6) is 0. The number of carbonyl (C=O) groups excluding carboxylic acids is 1. The predicted octanol–water partition coefficient (Wildman–Crippen LogP) is 2.17. The molecule has 2 amide bonds. The molecule has 0 spiro atoms. The fraction of sp³-hybridized carbons (Fsp3) is 0.909. The van der Waals surface area contributed by atoms with Crippen LogP contribution in [0.25, 0.3) is 0 Å². The van der Waals surface area contributed by atoms with Gasteiger partial charge in [-0.2, -0.15) is 0 Å². The van der Waals surface area contributed by atoms with Gasteiger partial charge in [0, 0.05) is 12.1 Å². The molecule has 0 saturated heterocycles. The Morgan fingerprint density at radius 3 is 1.79 bits per heavy atom. The van der Waals surface area contributed by atoms with Crippen molar-refractivity contribution < 1.29 is 4.79 Å². The smallest absolute Gasteiger partial charge is 0.315 e. The van der Waals surface area contributed by atoms with Crippen molar-refractivity contribution in [1.82, 2.24) is 10.6 Å². The average Bonchev–Trinajstić information content (AvgIpc) is 2.93. The molecule has 14 heavy (non-hydrogen) atoms.